The minimum absolute atomic E-state index is 0.0821. The van der Waals surface area contributed by atoms with E-state index in [9.17, 15) is 4.79 Å². The Morgan fingerprint density at radius 2 is 2.05 bits per heavy atom. The lowest BCUT2D eigenvalue weighted by Crippen LogP contribution is -2.31. The largest absolute Gasteiger partial charge is 0.493 e. The zero-order valence-corrected chi connectivity index (χ0v) is 13.0. The molecule has 0 bridgehead atoms. The molecule has 1 N–H and O–H groups in total. The van der Waals surface area contributed by atoms with Gasteiger partial charge < -0.3 is 19.5 Å². The first-order chi connectivity index (χ1) is 10.0. The molecule has 1 saturated heterocycles. The molecule has 1 heterocycles. The summed E-state index contributed by atoms with van der Waals surface area (Å²) in [5.74, 6) is 1.54. The maximum atomic E-state index is 11.6. The second-order valence-electron chi connectivity index (χ2n) is 5.49. The summed E-state index contributed by atoms with van der Waals surface area (Å²) >= 11 is 0. The normalized spacial score (nSPS) is 21.4. The second-order valence-corrected chi connectivity index (χ2v) is 5.49. The molecule has 1 fully saturated rings. The van der Waals surface area contributed by atoms with Crippen LogP contribution in [0.3, 0.4) is 0 Å². The second kappa shape index (κ2) is 6.80. The van der Waals surface area contributed by atoms with Crippen molar-refractivity contribution in [2.45, 2.75) is 38.3 Å². The Kier molecular flexibility index (Phi) is 5.07. The average Bonchev–Trinajstić information content (AvgIpc) is 2.95. The SMILES string of the molecule is COC(=O)[C@H]1C[C@@H](c2ccc(OC)c(OC(C)C)c2)CN1. The van der Waals surface area contributed by atoms with E-state index in [2.05, 4.69) is 5.32 Å². The van der Waals surface area contributed by atoms with Crippen LogP contribution in [-0.4, -0.2) is 38.9 Å². The number of hydrogen-bond donors (Lipinski definition) is 1. The van der Waals surface area contributed by atoms with Crippen LogP contribution >= 0.6 is 0 Å². The summed E-state index contributed by atoms with van der Waals surface area (Å²) in [6, 6.07) is 5.72. The number of nitrogens with one attached hydrogen (secondary N) is 1. The van der Waals surface area contributed by atoms with Crippen LogP contribution < -0.4 is 14.8 Å². The highest BCUT2D eigenvalue weighted by molar-refractivity contribution is 5.76. The topological polar surface area (TPSA) is 56.8 Å². The summed E-state index contributed by atoms with van der Waals surface area (Å²) in [4.78, 5) is 11.6. The lowest BCUT2D eigenvalue weighted by molar-refractivity contribution is -0.142. The van der Waals surface area contributed by atoms with Crippen molar-refractivity contribution in [1.82, 2.24) is 5.32 Å². The molecule has 2 atom stereocenters. The van der Waals surface area contributed by atoms with Crippen LogP contribution in [0.2, 0.25) is 0 Å². The number of benzene rings is 1. The van der Waals surface area contributed by atoms with Crippen LogP contribution in [0.15, 0.2) is 18.2 Å². The van der Waals surface area contributed by atoms with Crippen molar-refractivity contribution in [3.63, 3.8) is 0 Å². The first kappa shape index (κ1) is 15.6. The van der Waals surface area contributed by atoms with Gasteiger partial charge in [0.15, 0.2) is 11.5 Å². The van der Waals surface area contributed by atoms with E-state index in [4.69, 9.17) is 14.2 Å². The molecule has 0 saturated carbocycles. The Bertz CT molecular complexity index is 501. The van der Waals surface area contributed by atoms with Gasteiger partial charge in [0.2, 0.25) is 0 Å². The molecule has 0 amide bonds. The Morgan fingerprint density at radius 1 is 1.29 bits per heavy atom. The molecule has 1 aromatic carbocycles. The predicted molar refractivity (Wildman–Crippen MR) is 79.9 cm³/mol. The van der Waals surface area contributed by atoms with Crippen LogP contribution in [0.1, 0.15) is 31.7 Å². The summed E-state index contributed by atoms with van der Waals surface area (Å²) in [6.07, 6.45) is 0.818. The van der Waals surface area contributed by atoms with Crippen LogP contribution in [-0.2, 0) is 9.53 Å². The average molecular weight is 293 g/mol. The van der Waals surface area contributed by atoms with Gasteiger partial charge in [-0.2, -0.15) is 0 Å². The van der Waals surface area contributed by atoms with Crippen molar-refractivity contribution < 1.29 is 19.0 Å². The molecule has 0 spiro atoms. The molecule has 1 aliphatic rings. The zero-order valence-electron chi connectivity index (χ0n) is 13.0. The van der Waals surface area contributed by atoms with Gasteiger partial charge in [-0.3, -0.25) is 4.79 Å². The molecule has 5 heteroatoms. The number of ether oxygens (including phenoxy) is 3. The molecular formula is C16H23NO4. The van der Waals surface area contributed by atoms with Gasteiger partial charge in [-0.05, 0) is 43.9 Å². The molecule has 2 rings (SSSR count). The maximum Gasteiger partial charge on any atom is 0.322 e. The third kappa shape index (κ3) is 3.67. The number of methoxy groups -OCH3 is 2. The van der Waals surface area contributed by atoms with E-state index in [0.717, 1.165) is 30.0 Å². The molecule has 0 aliphatic carbocycles. The Morgan fingerprint density at radius 3 is 2.67 bits per heavy atom. The highest BCUT2D eigenvalue weighted by Gasteiger charge is 2.31. The minimum Gasteiger partial charge on any atom is -0.493 e. The highest BCUT2D eigenvalue weighted by atomic mass is 16.5. The molecule has 1 aromatic rings. The van der Waals surface area contributed by atoms with Gasteiger partial charge in [-0.25, -0.2) is 0 Å². The Hall–Kier alpha value is -1.75. The fourth-order valence-electron chi connectivity index (χ4n) is 2.60. The third-order valence-electron chi connectivity index (χ3n) is 3.64. The summed E-state index contributed by atoms with van der Waals surface area (Å²) in [5, 5.41) is 3.20. The number of esters is 1. The summed E-state index contributed by atoms with van der Waals surface area (Å²) in [5.41, 5.74) is 1.14. The van der Waals surface area contributed by atoms with Gasteiger partial charge in [-0.15, -0.1) is 0 Å². The fraction of sp³-hybridized carbons (Fsp3) is 0.562. The van der Waals surface area contributed by atoms with Gasteiger partial charge in [0.1, 0.15) is 6.04 Å². The van der Waals surface area contributed by atoms with Crippen molar-refractivity contribution in [3.8, 4) is 11.5 Å². The molecule has 116 valence electrons. The molecule has 0 radical (unpaired) electrons. The van der Waals surface area contributed by atoms with Gasteiger partial charge in [-0.1, -0.05) is 6.07 Å². The van der Waals surface area contributed by atoms with E-state index < -0.39 is 0 Å². The highest BCUT2D eigenvalue weighted by Crippen LogP contribution is 2.34. The molecule has 0 unspecified atom stereocenters. The quantitative estimate of drug-likeness (QED) is 0.843. The van der Waals surface area contributed by atoms with E-state index in [1.165, 1.54) is 7.11 Å². The third-order valence-corrected chi connectivity index (χ3v) is 3.64. The van der Waals surface area contributed by atoms with Crippen LogP contribution in [0, 0.1) is 0 Å². The van der Waals surface area contributed by atoms with Gasteiger partial charge in [0.05, 0.1) is 20.3 Å². The first-order valence-corrected chi connectivity index (χ1v) is 7.21. The number of rotatable bonds is 5. The first-order valence-electron chi connectivity index (χ1n) is 7.21. The van der Waals surface area contributed by atoms with Gasteiger partial charge in [0, 0.05) is 6.54 Å². The van der Waals surface area contributed by atoms with E-state index >= 15 is 0 Å². The van der Waals surface area contributed by atoms with Crippen LogP contribution in [0.25, 0.3) is 0 Å². The molecule has 21 heavy (non-hydrogen) atoms. The summed E-state index contributed by atoms with van der Waals surface area (Å²) < 4.78 is 15.9. The van der Waals surface area contributed by atoms with Crippen molar-refractivity contribution in [2.24, 2.45) is 0 Å². The zero-order chi connectivity index (χ0) is 15.4. The molecule has 1 aliphatic heterocycles. The lowest BCUT2D eigenvalue weighted by atomic mass is 9.96. The van der Waals surface area contributed by atoms with Gasteiger partial charge >= 0.3 is 5.97 Å². The van der Waals surface area contributed by atoms with Crippen molar-refractivity contribution in [2.75, 3.05) is 20.8 Å². The molecule has 0 aromatic heterocycles. The van der Waals surface area contributed by atoms with Crippen LogP contribution in [0.4, 0.5) is 0 Å². The van der Waals surface area contributed by atoms with E-state index in [1.54, 1.807) is 7.11 Å². The fourth-order valence-corrected chi connectivity index (χ4v) is 2.60. The lowest BCUT2D eigenvalue weighted by Gasteiger charge is -2.17. The number of carbonyl (C=O) groups excluding carboxylic acids is 1. The van der Waals surface area contributed by atoms with Crippen LogP contribution in [0.5, 0.6) is 11.5 Å². The van der Waals surface area contributed by atoms with Crippen molar-refractivity contribution >= 4 is 5.97 Å². The Balaban J connectivity index is 2.15. The predicted octanol–water partition coefficient (Wildman–Crippen LogP) is 2.10. The van der Waals surface area contributed by atoms with E-state index in [0.29, 0.717) is 0 Å². The number of hydrogen-bond acceptors (Lipinski definition) is 5. The van der Waals surface area contributed by atoms with Gasteiger partial charge in [0.25, 0.3) is 0 Å². The monoisotopic (exact) mass is 293 g/mol. The summed E-state index contributed by atoms with van der Waals surface area (Å²) in [6.45, 7) is 4.72. The Labute approximate surface area is 125 Å². The van der Waals surface area contributed by atoms with Crippen molar-refractivity contribution in [3.05, 3.63) is 23.8 Å². The number of carbonyl (C=O) groups is 1. The van der Waals surface area contributed by atoms with Crippen molar-refractivity contribution in [1.29, 1.82) is 0 Å². The van der Waals surface area contributed by atoms with E-state index in [1.807, 2.05) is 32.0 Å². The molecule has 5 nitrogen and oxygen atoms in total. The van der Waals surface area contributed by atoms with E-state index in [-0.39, 0.29) is 24.0 Å². The minimum atomic E-state index is -0.225. The standard InChI is InChI=1S/C16H23NO4/c1-10(2)21-15-8-11(5-6-14(15)19-3)12-7-13(17-9-12)16(18)20-4/h5-6,8,10,12-13,17H,7,9H2,1-4H3/t12-,13-/m1/s1. The maximum absolute atomic E-state index is 11.6. The summed E-state index contributed by atoms with van der Waals surface area (Å²) in [7, 11) is 3.05. The smallest absolute Gasteiger partial charge is 0.322 e. The molecular weight excluding hydrogens is 270 g/mol.